The van der Waals surface area contributed by atoms with Gasteiger partial charge in [-0.15, -0.1) is 0 Å². The van der Waals surface area contributed by atoms with E-state index in [-0.39, 0.29) is 18.0 Å². The highest BCUT2D eigenvalue weighted by molar-refractivity contribution is 5.85. The minimum atomic E-state index is -0.609. The molecule has 0 aliphatic heterocycles. The molecule has 0 bridgehead atoms. The highest BCUT2D eigenvalue weighted by atomic mass is 16.1. The van der Waals surface area contributed by atoms with Crippen molar-refractivity contribution in [3.8, 4) is 0 Å². The van der Waals surface area contributed by atoms with Gasteiger partial charge in [0.25, 0.3) is 0 Å². The summed E-state index contributed by atoms with van der Waals surface area (Å²) in [7, 11) is 0. The van der Waals surface area contributed by atoms with E-state index in [0.717, 1.165) is 37.3 Å². The first kappa shape index (κ1) is 15.9. The SMILES string of the molecule is CCc1nc(CC)n(C2CCC(NC(C)C)(C(N)=O)C2)n1. The lowest BCUT2D eigenvalue weighted by molar-refractivity contribution is -0.124. The summed E-state index contributed by atoms with van der Waals surface area (Å²) in [6.07, 6.45) is 4.04. The number of nitrogens with zero attached hydrogens (tertiary/aromatic N) is 3. The summed E-state index contributed by atoms with van der Waals surface area (Å²) in [5.41, 5.74) is 5.07. The van der Waals surface area contributed by atoms with Crippen molar-refractivity contribution < 1.29 is 4.79 Å². The fourth-order valence-corrected chi connectivity index (χ4v) is 3.29. The third kappa shape index (κ3) is 3.10. The Morgan fingerprint density at radius 1 is 1.48 bits per heavy atom. The lowest BCUT2D eigenvalue weighted by atomic mass is 9.95. The van der Waals surface area contributed by atoms with Gasteiger partial charge in [0.2, 0.25) is 5.91 Å². The third-order valence-electron chi connectivity index (χ3n) is 4.25. The van der Waals surface area contributed by atoms with Gasteiger partial charge in [0, 0.05) is 18.9 Å². The Bertz CT molecular complexity index is 510. The van der Waals surface area contributed by atoms with E-state index in [1.165, 1.54) is 0 Å². The van der Waals surface area contributed by atoms with E-state index in [2.05, 4.69) is 29.2 Å². The van der Waals surface area contributed by atoms with E-state index in [4.69, 9.17) is 5.73 Å². The Balaban J connectivity index is 2.24. The van der Waals surface area contributed by atoms with Crippen LogP contribution in [0, 0.1) is 0 Å². The van der Waals surface area contributed by atoms with Crippen LogP contribution in [0.5, 0.6) is 0 Å². The van der Waals surface area contributed by atoms with Crippen molar-refractivity contribution in [1.29, 1.82) is 0 Å². The van der Waals surface area contributed by atoms with Gasteiger partial charge < -0.3 is 11.1 Å². The highest BCUT2D eigenvalue weighted by Gasteiger charge is 2.45. The molecule has 1 aliphatic rings. The molecule has 2 atom stereocenters. The van der Waals surface area contributed by atoms with E-state index >= 15 is 0 Å². The molecule has 118 valence electrons. The first-order valence-corrected chi connectivity index (χ1v) is 7.93. The van der Waals surface area contributed by atoms with Crippen LogP contribution in [0.3, 0.4) is 0 Å². The monoisotopic (exact) mass is 293 g/mol. The third-order valence-corrected chi connectivity index (χ3v) is 4.25. The van der Waals surface area contributed by atoms with Crippen LogP contribution in [-0.4, -0.2) is 32.3 Å². The summed E-state index contributed by atoms with van der Waals surface area (Å²) in [4.78, 5) is 16.5. The van der Waals surface area contributed by atoms with Gasteiger partial charge >= 0.3 is 0 Å². The van der Waals surface area contributed by atoms with Crippen LogP contribution < -0.4 is 11.1 Å². The fourth-order valence-electron chi connectivity index (χ4n) is 3.29. The van der Waals surface area contributed by atoms with Gasteiger partial charge in [-0.25, -0.2) is 9.67 Å². The maximum atomic E-state index is 12.0. The molecule has 6 nitrogen and oxygen atoms in total. The molecule has 0 aromatic carbocycles. The maximum absolute atomic E-state index is 12.0. The molecule has 1 aromatic rings. The Morgan fingerprint density at radius 2 is 2.19 bits per heavy atom. The van der Waals surface area contributed by atoms with Crippen LogP contribution >= 0.6 is 0 Å². The largest absolute Gasteiger partial charge is 0.368 e. The number of nitrogens with two attached hydrogens (primary N) is 1. The molecule has 0 spiro atoms. The molecule has 1 aromatic heterocycles. The summed E-state index contributed by atoms with van der Waals surface area (Å²) in [6.45, 7) is 8.23. The lowest BCUT2D eigenvalue weighted by Crippen LogP contribution is -2.56. The zero-order valence-electron chi connectivity index (χ0n) is 13.5. The minimum absolute atomic E-state index is 0.200. The molecule has 6 heteroatoms. The molecular formula is C15H27N5O. The second-order valence-electron chi connectivity index (χ2n) is 6.24. The fraction of sp³-hybridized carbons (Fsp3) is 0.800. The van der Waals surface area contributed by atoms with E-state index in [9.17, 15) is 4.79 Å². The van der Waals surface area contributed by atoms with Crippen molar-refractivity contribution in [2.45, 2.75) is 77.4 Å². The summed E-state index contributed by atoms with van der Waals surface area (Å²) in [6, 6.07) is 0.426. The van der Waals surface area contributed by atoms with Gasteiger partial charge in [-0.1, -0.05) is 13.8 Å². The quantitative estimate of drug-likeness (QED) is 0.829. The van der Waals surface area contributed by atoms with Gasteiger partial charge in [-0.2, -0.15) is 5.10 Å². The van der Waals surface area contributed by atoms with Crippen molar-refractivity contribution >= 4 is 5.91 Å². The molecule has 1 amide bonds. The smallest absolute Gasteiger partial charge is 0.237 e. The number of nitrogens with one attached hydrogen (secondary N) is 1. The minimum Gasteiger partial charge on any atom is -0.368 e. The Hall–Kier alpha value is -1.43. The van der Waals surface area contributed by atoms with Gasteiger partial charge in [0.1, 0.15) is 5.82 Å². The van der Waals surface area contributed by atoms with Crippen molar-refractivity contribution in [3.63, 3.8) is 0 Å². The highest BCUT2D eigenvalue weighted by Crippen LogP contribution is 2.38. The number of rotatable bonds is 6. The van der Waals surface area contributed by atoms with Crippen LogP contribution in [0.15, 0.2) is 0 Å². The molecule has 2 unspecified atom stereocenters. The van der Waals surface area contributed by atoms with Crippen molar-refractivity contribution in [2.24, 2.45) is 5.73 Å². The number of primary amides is 1. The predicted molar refractivity (Wildman–Crippen MR) is 81.9 cm³/mol. The zero-order chi connectivity index (χ0) is 15.6. The van der Waals surface area contributed by atoms with Gasteiger partial charge in [0.05, 0.1) is 11.6 Å². The molecule has 21 heavy (non-hydrogen) atoms. The number of hydrogen-bond donors (Lipinski definition) is 2. The molecule has 1 aliphatic carbocycles. The predicted octanol–water partition coefficient (Wildman–Crippen LogP) is 1.35. The van der Waals surface area contributed by atoms with Crippen LogP contribution in [0.25, 0.3) is 0 Å². The molecule has 1 saturated carbocycles. The van der Waals surface area contributed by atoms with E-state index in [1.54, 1.807) is 0 Å². The normalized spacial score (nSPS) is 25.7. The molecule has 1 heterocycles. The molecule has 0 saturated heterocycles. The van der Waals surface area contributed by atoms with Crippen molar-refractivity contribution in [2.75, 3.05) is 0 Å². The van der Waals surface area contributed by atoms with E-state index < -0.39 is 5.54 Å². The van der Waals surface area contributed by atoms with Crippen molar-refractivity contribution in [1.82, 2.24) is 20.1 Å². The lowest BCUT2D eigenvalue weighted by Gasteiger charge is -2.29. The Labute approximate surface area is 126 Å². The van der Waals surface area contributed by atoms with Crippen LogP contribution in [0.2, 0.25) is 0 Å². The van der Waals surface area contributed by atoms with Gasteiger partial charge in [-0.3, -0.25) is 4.79 Å². The molecular weight excluding hydrogens is 266 g/mol. The Kier molecular flexibility index (Phi) is 4.66. The van der Waals surface area contributed by atoms with E-state index in [1.807, 2.05) is 18.5 Å². The molecule has 0 radical (unpaired) electrons. The molecule has 1 fully saturated rings. The number of amides is 1. The van der Waals surface area contributed by atoms with Crippen LogP contribution in [-0.2, 0) is 17.6 Å². The maximum Gasteiger partial charge on any atom is 0.237 e. The average Bonchev–Trinajstić information content (AvgIpc) is 3.02. The standard InChI is InChI=1S/C15H27N5O/c1-5-12-17-13(6-2)20(19-12)11-7-8-15(9-11,14(16)21)18-10(3)4/h10-11,18H,5-9H2,1-4H3,(H2,16,21). The van der Waals surface area contributed by atoms with Gasteiger partial charge in [0.15, 0.2) is 5.82 Å². The number of carbonyl (C=O) groups excluding carboxylic acids is 1. The first-order chi connectivity index (χ1) is 9.91. The zero-order valence-corrected chi connectivity index (χ0v) is 13.5. The summed E-state index contributed by atoms with van der Waals surface area (Å²) in [5.74, 6) is 1.62. The van der Waals surface area contributed by atoms with Crippen LogP contribution in [0.4, 0.5) is 0 Å². The summed E-state index contributed by atoms with van der Waals surface area (Å²) in [5, 5.41) is 7.99. The number of carbonyl (C=O) groups is 1. The topological polar surface area (TPSA) is 85.8 Å². The van der Waals surface area contributed by atoms with E-state index in [0.29, 0.717) is 6.42 Å². The number of aryl methyl sites for hydroxylation is 2. The second-order valence-corrected chi connectivity index (χ2v) is 6.24. The Morgan fingerprint density at radius 3 is 2.71 bits per heavy atom. The number of hydrogen-bond acceptors (Lipinski definition) is 4. The molecule has 3 N–H and O–H groups in total. The van der Waals surface area contributed by atoms with Gasteiger partial charge in [-0.05, 0) is 33.1 Å². The number of aromatic nitrogens is 3. The first-order valence-electron chi connectivity index (χ1n) is 7.93. The second kappa shape index (κ2) is 6.13. The van der Waals surface area contributed by atoms with Crippen LogP contribution in [0.1, 0.15) is 64.6 Å². The summed E-state index contributed by atoms with van der Waals surface area (Å²) < 4.78 is 2.02. The van der Waals surface area contributed by atoms with Crippen molar-refractivity contribution in [3.05, 3.63) is 11.6 Å². The molecule has 2 rings (SSSR count). The summed E-state index contributed by atoms with van der Waals surface area (Å²) >= 11 is 0. The average molecular weight is 293 g/mol.